The molecule has 2 aliphatic heterocycles. The normalized spacial score (nSPS) is 17.4. The second-order valence-corrected chi connectivity index (χ2v) is 14.9. The molecule has 5 rings (SSSR count). The third-order valence-electron chi connectivity index (χ3n) is 9.66. The second-order valence-electron chi connectivity index (χ2n) is 14.9. The van der Waals surface area contributed by atoms with Gasteiger partial charge in [-0.05, 0) is 83.7 Å². The number of hydrogen-bond acceptors (Lipinski definition) is 6. The Bertz CT molecular complexity index is 1580. The van der Waals surface area contributed by atoms with Gasteiger partial charge in [0.25, 0.3) is 5.91 Å². The highest BCUT2D eigenvalue weighted by Crippen LogP contribution is 2.37. The first-order chi connectivity index (χ1) is 22.2. The summed E-state index contributed by atoms with van der Waals surface area (Å²) in [5.41, 5.74) is 3.60. The molecule has 1 aromatic carbocycles. The van der Waals surface area contributed by atoms with Crippen molar-refractivity contribution >= 4 is 17.5 Å². The van der Waals surface area contributed by atoms with E-state index in [0.717, 1.165) is 55.2 Å². The number of pyridine rings is 1. The molecule has 9 nitrogen and oxygen atoms in total. The number of carbonyl (C=O) groups is 2. The largest absolute Gasteiger partial charge is 0.444 e. The van der Waals surface area contributed by atoms with Crippen LogP contribution < -0.4 is 0 Å². The Hall–Kier alpha value is -3.50. The fraction of sp³-hybridized carbons (Fsp3) is 0.595. The van der Waals surface area contributed by atoms with Crippen LogP contribution in [0.4, 0.5) is 9.18 Å². The number of halogens is 1. The number of amides is 2. The number of aromatic nitrogens is 2. The number of likely N-dealkylation sites (tertiary alicyclic amines) is 1. The molecule has 256 valence electrons. The molecule has 2 saturated heterocycles. The summed E-state index contributed by atoms with van der Waals surface area (Å²) >= 11 is 0. The smallest absolute Gasteiger partial charge is 0.410 e. The van der Waals surface area contributed by atoms with E-state index in [1.165, 1.54) is 17.7 Å². The monoisotopic (exact) mass is 648 g/mol. The van der Waals surface area contributed by atoms with E-state index in [9.17, 15) is 14.0 Å². The van der Waals surface area contributed by atoms with Crippen LogP contribution in [0.1, 0.15) is 83.1 Å². The molecule has 2 fully saturated rings. The number of nitrogens with zero attached hydrogens (tertiary/aromatic N) is 6. The van der Waals surface area contributed by atoms with Gasteiger partial charge in [-0.15, -0.1) is 0 Å². The van der Waals surface area contributed by atoms with Crippen LogP contribution in [0.2, 0.25) is 0 Å². The first-order valence-electron chi connectivity index (χ1n) is 17.2. The highest BCUT2D eigenvalue weighted by molar-refractivity contribution is 6.03. The Kier molecular flexibility index (Phi) is 10.3. The topological polar surface area (TPSA) is 73.6 Å². The number of piperazine rings is 1. The maximum atomic E-state index is 14.6. The van der Waals surface area contributed by atoms with Gasteiger partial charge in [-0.2, -0.15) is 0 Å². The Morgan fingerprint density at radius 2 is 1.72 bits per heavy atom. The van der Waals surface area contributed by atoms with Crippen LogP contribution in [0, 0.1) is 18.7 Å². The molecule has 1 atom stereocenters. The lowest BCUT2D eigenvalue weighted by atomic mass is 9.86. The van der Waals surface area contributed by atoms with Crippen LogP contribution in [0.25, 0.3) is 16.6 Å². The fourth-order valence-corrected chi connectivity index (χ4v) is 6.95. The van der Waals surface area contributed by atoms with Crippen molar-refractivity contribution in [3.63, 3.8) is 0 Å². The zero-order valence-corrected chi connectivity index (χ0v) is 29.7. The van der Waals surface area contributed by atoms with E-state index >= 15 is 0 Å². The van der Waals surface area contributed by atoms with Crippen molar-refractivity contribution in [1.29, 1.82) is 0 Å². The molecule has 0 radical (unpaired) electrons. The number of aryl methyl sites for hydroxylation is 1. The van der Waals surface area contributed by atoms with Gasteiger partial charge in [-0.3, -0.25) is 14.6 Å². The standard InChI is InChI=1S/C37H53FN6O3/c1-10-43(25(4)5)35(45)32-18-29(38)11-12-30(32)31-17-27(22-44-26(6)39-19-33(31)44)28-20-42(21-28)34(24(2)3)23-40-13-15-41(16-14-40)36(46)47-37(7,8)9/h11-12,17-19,22,24-25,28,34H,10,13-16,20-21,23H2,1-9H3/t34-/m1/s1. The molecule has 0 bridgehead atoms. The summed E-state index contributed by atoms with van der Waals surface area (Å²) in [4.78, 5) is 39.6. The number of carbonyl (C=O) groups excluding carboxylic acids is 2. The van der Waals surface area contributed by atoms with Gasteiger partial charge in [0.15, 0.2) is 0 Å². The molecule has 3 aromatic rings. The van der Waals surface area contributed by atoms with Crippen molar-refractivity contribution in [2.75, 3.05) is 52.4 Å². The molecule has 10 heteroatoms. The van der Waals surface area contributed by atoms with Gasteiger partial charge in [0.2, 0.25) is 0 Å². The number of hydrogen-bond donors (Lipinski definition) is 0. The van der Waals surface area contributed by atoms with Crippen LogP contribution in [0.15, 0.2) is 36.7 Å². The highest BCUT2D eigenvalue weighted by Gasteiger charge is 2.37. The van der Waals surface area contributed by atoms with Gasteiger partial charge < -0.3 is 18.9 Å². The summed E-state index contributed by atoms with van der Waals surface area (Å²) in [6.45, 7) is 24.6. The first-order valence-corrected chi connectivity index (χ1v) is 17.2. The summed E-state index contributed by atoms with van der Waals surface area (Å²) in [6.07, 6.45) is 3.80. The van der Waals surface area contributed by atoms with Gasteiger partial charge >= 0.3 is 6.09 Å². The highest BCUT2D eigenvalue weighted by atomic mass is 19.1. The summed E-state index contributed by atoms with van der Waals surface area (Å²) in [6, 6.07) is 7.14. The quantitative estimate of drug-likeness (QED) is 0.272. The van der Waals surface area contributed by atoms with E-state index in [0.29, 0.717) is 43.1 Å². The van der Waals surface area contributed by atoms with Gasteiger partial charge in [0.1, 0.15) is 17.2 Å². The van der Waals surface area contributed by atoms with Crippen molar-refractivity contribution in [2.45, 2.75) is 85.9 Å². The van der Waals surface area contributed by atoms with Crippen molar-refractivity contribution in [3.05, 3.63) is 59.4 Å². The van der Waals surface area contributed by atoms with E-state index < -0.39 is 11.4 Å². The molecule has 0 unspecified atom stereocenters. The molecule has 2 aliphatic rings. The minimum atomic E-state index is -0.490. The van der Waals surface area contributed by atoms with E-state index in [-0.39, 0.29) is 18.0 Å². The number of rotatable bonds is 9. The predicted molar refractivity (Wildman–Crippen MR) is 184 cm³/mol. The van der Waals surface area contributed by atoms with Gasteiger partial charge in [0, 0.05) is 82.1 Å². The van der Waals surface area contributed by atoms with E-state index in [4.69, 9.17) is 4.74 Å². The van der Waals surface area contributed by atoms with E-state index in [1.54, 1.807) is 11.0 Å². The van der Waals surface area contributed by atoms with Gasteiger partial charge in [0.05, 0.1) is 17.3 Å². The van der Waals surface area contributed by atoms with E-state index in [2.05, 4.69) is 45.3 Å². The number of benzene rings is 1. The fourth-order valence-electron chi connectivity index (χ4n) is 6.95. The first kappa shape index (κ1) is 34.8. The maximum Gasteiger partial charge on any atom is 0.410 e. The molecule has 0 N–H and O–H groups in total. The molecule has 4 heterocycles. The Morgan fingerprint density at radius 1 is 1.04 bits per heavy atom. The molecule has 0 saturated carbocycles. The Labute approximate surface area is 279 Å². The lowest BCUT2D eigenvalue weighted by molar-refractivity contribution is 0.00371. The van der Waals surface area contributed by atoms with Crippen LogP contribution in [0.5, 0.6) is 0 Å². The minimum absolute atomic E-state index is 0.00380. The number of imidazole rings is 1. The maximum absolute atomic E-state index is 14.6. The van der Waals surface area contributed by atoms with Crippen LogP contribution >= 0.6 is 0 Å². The Balaban J connectivity index is 1.34. The second kappa shape index (κ2) is 13.9. The van der Waals surface area contributed by atoms with Gasteiger partial charge in [-0.1, -0.05) is 19.9 Å². The molecule has 47 heavy (non-hydrogen) atoms. The molecular formula is C37H53FN6O3. The van der Waals surface area contributed by atoms with E-state index in [1.807, 2.05) is 59.6 Å². The molecular weight excluding hydrogens is 595 g/mol. The third kappa shape index (κ3) is 7.64. The number of fused-ring (bicyclic) bond motifs is 1. The van der Waals surface area contributed by atoms with Crippen molar-refractivity contribution in [1.82, 2.24) is 29.0 Å². The summed E-state index contributed by atoms with van der Waals surface area (Å²) in [5.74, 6) is 1.08. The molecule has 2 amide bonds. The van der Waals surface area contributed by atoms with Crippen molar-refractivity contribution in [2.24, 2.45) is 5.92 Å². The van der Waals surface area contributed by atoms with Crippen molar-refractivity contribution < 1.29 is 18.7 Å². The van der Waals surface area contributed by atoms with Crippen LogP contribution in [-0.4, -0.2) is 111 Å². The SMILES string of the molecule is CCN(C(=O)c1cc(F)ccc1-c1cc(C2CN([C@H](CN3CCN(C(=O)OC(C)(C)C)CC3)C(C)C)C2)cn2c(C)ncc12)C(C)C. The van der Waals surface area contributed by atoms with Crippen LogP contribution in [0.3, 0.4) is 0 Å². The molecule has 2 aromatic heterocycles. The zero-order chi connectivity index (χ0) is 34.2. The van der Waals surface area contributed by atoms with Crippen molar-refractivity contribution in [3.8, 4) is 11.1 Å². The van der Waals surface area contributed by atoms with Gasteiger partial charge in [-0.25, -0.2) is 14.2 Å². The third-order valence-corrected chi connectivity index (χ3v) is 9.66. The molecule has 0 aliphatic carbocycles. The number of ether oxygens (including phenoxy) is 1. The average molecular weight is 649 g/mol. The molecule has 0 spiro atoms. The lowest BCUT2D eigenvalue weighted by Crippen LogP contribution is -2.58. The summed E-state index contributed by atoms with van der Waals surface area (Å²) in [5, 5.41) is 0. The predicted octanol–water partition coefficient (Wildman–Crippen LogP) is 6.30. The Morgan fingerprint density at radius 3 is 2.32 bits per heavy atom. The van der Waals surface area contributed by atoms with Crippen LogP contribution in [-0.2, 0) is 4.74 Å². The lowest BCUT2D eigenvalue weighted by Gasteiger charge is -2.48. The average Bonchev–Trinajstić information content (AvgIpc) is 3.35. The minimum Gasteiger partial charge on any atom is -0.444 e. The summed E-state index contributed by atoms with van der Waals surface area (Å²) in [7, 11) is 0. The zero-order valence-electron chi connectivity index (χ0n) is 29.7. The summed E-state index contributed by atoms with van der Waals surface area (Å²) < 4.78 is 22.3.